The van der Waals surface area contributed by atoms with Crippen LogP contribution in [0, 0.1) is 5.92 Å². The molecule has 0 bridgehead atoms. The first-order chi connectivity index (χ1) is 10.6. The Morgan fingerprint density at radius 2 is 2.05 bits per heavy atom. The summed E-state index contributed by atoms with van der Waals surface area (Å²) in [5.41, 5.74) is 1.09. The molecule has 22 heavy (non-hydrogen) atoms. The number of amidine groups is 1. The van der Waals surface area contributed by atoms with Crippen molar-refractivity contribution < 1.29 is 4.79 Å². The van der Waals surface area contributed by atoms with E-state index in [1.165, 1.54) is 12.8 Å². The van der Waals surface area contributed by atoms with Crippen LogP contribution in [-0.4, -0.2) is 29.1 Å². The predicted molar refractivity (Wildman–Crippen MR) is 93.7 cm³/mol. The zero-order valence-corrected chi connectivity index (χ0v) is 14.6. The fraction of sp³-hybridized carbons (Fsp3) is 0.500. The van der Waals surface area contributed by atoms with Crippen LogP contribution in [0.5, 0.6) is 0 Å². The Morgan fingerprint density at radius 3 is 2.77 bits per heavy atom. The number of nitrogens with zero attached hydrogens (tertiary/aromatic N) is 2. The number of thioether (sulfide) groups is 1. The van der Waals surface area contributed by atoms with Crippen LogP contribution in [0.2, 0.25) is 10.0 Å². The summed E-state index contributed by atoms with van der Waals surface area (Å²) in [6, 6.07) is 5.63. The molecule has 1 amide bonds. The van der Waals surface area contributed by atoms with Crippen LogP contribution in [0.15, 0.2) is 23.2 Å². The first-order valence-electron chi connectivity index (χ1n) is 7.57. The quantitative estimate of drug-likeness (QED) is 0.791. The Kier molecular flexibility index (Phi) is 5.32. The van der Waals surface area contributed by atoms with E-state index >= 15 is 0 Å². The maximum atomic E-state index is 12.6. The highest BCUT2D eigenvalue weighted by atomic mass is 35.5. The van der Waals surface area contributed by atoms with Crippen molar-refractivity contribution in [3.05, 3.63) is 33.8 Å². The number of amides is 1. The third-order valence-electron chi connectivity index (χ3n) is 4.12. The van der Waals surface area contributed by atoms with Gasteiger partial charge >= 0.3 is 0 Å². The molecular formula is C16H18Cl2N2OS. The normalized spacial score (nSPS) is 18.8. The van der Waals surface area contributed by atoms with Crippen molar-refractivity contribution in [3.63, 3.8) is 0 Å². The second-order valence-electron chi connectivity index (χ2n) is 5.67. The minimum absolute atomic E-state index is 0.203. The summed E-state index contributed by atoms with van der Waals surface area (Å²) in [5, 5.41) is 1.97. The van der Waals surface area contributed by atoms with E-state index in [0.29, 0.717) is 16.6 Å². The zero-order valence-electron chi connectivity index (χ0n) is 12.2. The van der Waals surface area contributed by atoms with E-state index in [1.807, 2.05) is 17.0 Å². The largest absolute Gasteiger partial charge is 0.289 e. The molecule has 1 saturated carbocycles. The number of hydrogen-bond donors (Lipinski definition) is 0. The average molecular weight is 357 g/mol. The predicted octanol–water partition coefficient (Wildman–Crippen LogP) is 4.62. The number of rotatable bonds is 3. The molecule has 0 spiro atoms. The van der Waals surface area contributed by atoms with E-state index in [-0.39, 0.29) is 11.8 Å². The van der Waals surface area contributed by atoms with Crippen LogP contribution in [-0.2, 0) is 10.5 Å². The minimum atomic E-state index is 0.203. The van der Waals surface area contributed by atoms with Gasteiger partial charge in [0.05, 0.1) is 16.6 Å². The van der Waals surface area contributed by atoms with E-state index in [1.54, 1.807) is 17.8 Å². The molecule has 1 aliphatic carbocycles. The molecule has 118 valence electrons. The number of aliphatic imine (C=N–C) groups is 1. The molecule has 1 heterocycles. The Hall–Kier alpha value is -0.710. The molecule has 1 aliphatic heterocycles. The molecular weight excluding hydrogens is 339 g/mol. The third kappa shape index (κ3) is 3.61. The van der Waals surface area contributed by atoms with Crippen molar-refractivity contribution in [1.82, 2.24) is 4.90 Å². The van der Waals surface area contributed by atoms with Gasteiger partial charge < -0.3 is 0 Å². The monoisotopic (exact) mass is 356 g/mol. The second kappa shape index (κ2) is 7.24. The molecule has 0 aromatic heterocycles. The molecule has 1 aromatic rings. The SMILES string of the molecule is O=C(C1CCCC1)N1CCN=C1SCc1ccc(Cl)c(Cl)c1. The Balaban J connectivity index is 1.61. The summed E-state index contributed by atoms with van der Waals surface area (Å²) in [7, 11) is 0. The fourth-order valence-corrected chi connectivity index (χ4v) is 4.24. The van der Waals surface area contributed by atoms with Crippen LogP contribution in [0.4, 0.5) is 0 Å². The van der Waals surface area contributed by atoms with Crippen molar-refractivity contribution in [2.75, 3.05) is 13.1 Å². The van der Waals surface area contributed by atoms with Gasteiger partial charge in [-0.2, -0.15) is 0 Å². The van der Waals surface area contributed by atoms with Crippen molar-refractivity contribution >= 4 is 46.0 Å². The lowest BCUT2D eigenvalue weighted by Gasteiger charge is -2.21. The summed E-state index contributed by atoms with van der Waals surface area (Å²) in [5.74, 6) is 1.20. The van der Waals surface area contributed by atoms with Crippen LogP contribution in [0.25, 0.3) is 0 Å². The van der Waals surface area contributed by atoms with E-state index in [0.717, 1.165) is 35.9 Å². The van der Waals surface area contributed by atoms with Gasteiger partial charge in [0.1, 0.15) is 0 Å². The van der Waals surface area contributed by atoms with E-state index in [4.69, 9.17) is 23.2 Å². The van der Waals surface area contributed by atoms with Gasteiger partial charge in [-0.05, 0) is 30.5 Å². The van der Waals surface area contributed by atoms with E-state index < -0.39 is 0 Å². The van der Waals surface area contributed by atoms with Gasteiger partial charge in [0.2, 0.25) is 5.91 Å². The highest BCUT2D eigenvalue weighted by Gasteiger charge is 2.31. The highest BCUT2D eigenvalue weighted by Crippen LogP contribution is 2.30. The summed E-state index contributed by atoms with van der Waals surface area (Å²) < 4.78 is 0. The van der Waals surface area contributed by atoms with Crippen LogP contribution in [0.1, 0.15) is 31.2 Å². The average Bonchev–Trinajstić information content (AvgIpc) is 3.19. The minimum Gasteiger partial charge on any atom is -0.289 e. The zero-order chi connectivity index (χ0) is 15.5. The topological polar surface area (TPSA) is 32.7 Å². The van der Waals surface area contributed by atoms with Crippen molar-refractivity contribution in [2.45, 2.75) is 31.4 Å². The Labute approximate surface area is 145 Å². The number of hydrogen-bond acceptors (Lipinski definition) is 3. The molecule has 1 aromatic carbocycles. The van der Waals surface area contributed by atoms with Crippen LogP contribution < -0.4 is 0 Å². The van der Waals surface area contributed by atoms with Gasteiger partial charge in [0.25, 0.3) is 0 Å². The van der Waals surface area contributed by atoms with Gasteiger partial charge in [-0.1, -0.05) is 53.9 Å². The summed E-state index contributed by atoms with van der Waals surface area (Å²) in [6.07, 6.45) is 4.40. The standard InChI is InChI=1S/C16H18Cl2N2OS/c17-13-6-5-11(9-14(13)18)10-22-16-19-7-8-20(16)15(21)12-3-1-2-4-12/h5-6,9,12H,1-4,7-8,10H2. The number of carbonyl (C=O) groups excluding carboxylic acids is 1. The van der Waals surface area contributed by atoms with E-state index in [2.05, 4.69) is 4.99 Å². The molecule has 6 heteroatoms. The van der Waals surface area contributed by atoms with Gasteiger partial charge in [-0.15, -0.1) is 0 Å². The molecule has 3 nitrogen and oxygen atoms in total. The first-order valence-corrected chi connectivity index (χ1v) is 9.32. The van der Waals surface area contributed by atoms with Crippen molar-refractivity contribution in [2.24, 2.45) is 10.9 Å². The Bertz CT molecular complexity index is 600. The lowest BCUT2D eigenvalue weighted by atomic mass is 10.1. The molecule has 0 saturated heterocycles. The molecule has 0 unspecified atom stereocenters. The lowest BCUT2D eigenvalue weighted by molar-refractivity contribution is -0.130. The maximum Gasteiger partial charge on any atom is 0.231 e. The summed E-state index contributed by atoms with van der Waals surface area (Å²) >= 11 is 13.6. The van der Waals surface area contributed by atoms with Gasteiger partial charge in [-0.3, -0.25) is 14.7 Å². The molecule has 3 rings (SSSR count). The fourth-order valence-electron chi connectivity index (χ4n) is 2.93. The molecule has 1 fully saturated rings. The Morgan fingerprint density at radius 1 is 1.27 bits per heavy atom. The molecule has 0 atom stereocenters. The number of halogens is 2. The van der Waals surface area contributed by atoms with Gasteiger partial charge in [-0.25, -0.2) is 0 Å². The number of carbonyl (C=O) groups is 1. The van der Waals surface area contributed by atoms with Crippen LogP contribution in [0.3, 0.4) is 0 Å². The molecule has 0 N–H and O–H groups in total. The third-order valence-corrected chi connectivity index (χ3v) is 5.95. The highest BCUT2D eigenvalue weighted by molar-refractivity contribution is 8.13. The van der Waals surface area contributed by atoms with Crippen molar-refractivity contribution in [1.29, 1.82) is 0 Å². The lowest BCUT2D eigenvalue weighted by Crippen LogP contribution is -2.36. The molecule has 2 aliphatic rings. The van der Waals surface area contributed by atoms with Crippen LogP contribution >= 0.6 is 35.0 Å². The van der Waals surface area contributed by atoms with E-state index in [9.17, 15) is 4.79 Å². The molecule has 0 radical (unpaired) electrons. The smallest absolute Gasteiger partial charge is 0.231 e. The van der Waals surface area contributed by atoms with Gasteiger partial charge in [0.15, 0.2) is 5.17 Å². The maximum absolute atomic E-state index is 12.6. The van der Waals surface area contributed by atoms with Crippen molar-refractivity contribution in [3.8, 4) is 0 Å². The second-order valence-corrected chi connectivity index (χ2v) is 7.43. The number of benzene rings is 1. The summed E-state index contributed by atoms with van der Waals surface area (Å²) in [6.45, 7) is 1.43. The van der Waals surface area contributed by atoms with Gasteiger partial charge in [0, 0.05) is 18.2 Å². The summed E-state index contributed by atoms with van der Waals surface area (Å²) in [4.78, 5) is 18.9. The first kappa shape index (κ1) is 16.2.